The molecular formula is C13H17FN2. The maximum absolute atomic E-state index is 13.7. The summed E-state index contributed by atoms with van der Waals surface area (Å²) >= 11 is 0. The molecule has 1 aromatic heterocycles. The number of nitrogens with two attached hydrogens (primary N) is 1. The second-order valence-corrected chi connectivity index (χ2v) is 4.27. The number of aromatic nitrogens is 1. The molecule has 2 atom stereocenters. The van der Waals surface area contributed by atoms with Gasteiger partial charge in [0.05, 0.1) is 0 Å². The van der Waals surface area contributed by atoms with Crippen LogP contribution in [0.2, 0.25) is 0 Å². The number of halogens is 1. The van der Waals surface area contributed by atoms with Crippen molar-refractivity contribution in [2.24, 2.45) is 5.73 Å². The van der Waals surface area contributed by atoms with Crippen LogP contribution in [0.25, 0.3) is 10.9 Å². The number of aromatic amines is 1. The fraction of sp³-hybridized carbons (Fsp3) is 0.385. The smallest absolute Gasteiger partial charge is 0.132 e. The third-order valence-corrected chi connectivity index (χ3v) is 3.29. The van der Waals surface area contributed by atoms with Crippen molar-refractivity contribution in [3.8, 4) is 0 Å². The Morgan fingerprint density at radius 3 is 2.88 bits per heavy atom. The predicted molar refractivity (Wildman–Crippen MR) is 64.9 cm³/mol. The van der Waals surface area contributed by atoms with Gasteiger partial charge >= 0.3 is 0 Å². The molecule has 2 aromatic rings. The topological polar surface area (TPSA) is 41.8 Å². The molecule has 0 radical (unpaired) electrons. The van der Waals surface area contributed by atoms with E-state index in [2.05, 4.69) is 4.98 Å². The second kappa shape index (κ2) is 4.26. The van der Waals surface area contributed by atoms with Crippen LogP contribution < -0.4 is 5.73 Å². The Morgan fingerprint density at radius 1 is 1.44 bits per heavy atom. The van der Waals surface area contributed by atoms with Gasteiger partial charge in [-0.2, -0.15) is 0 Å². The van der Waals surface area contributed by atoms with Crippen molar-refractivity contribution in [3.63, 3.8) is 0 Å². The molecule has 1 heterocycles. The molecule has 0 saturated carbocycles. The molecule has 3 heteroatoms. The van der Waals surface area contributed by atoms with Gasteiger partial charge in [0.1, 0.15) is 5.82 Å². The summed E-state index contributed by atoms with van der Waals surface area (Å²) in [5.74, 6) is -0.0143. The van der Waals surface area contributed by atoms with E-state index in [1.54, 1.807) is 6.07 Å². The molecule has 3 N–H and O–H groups in total. The van der Waals surface area contributed by atoms with Gasteiger partial charge in [0, 0.05) is 23.1 Å². The van der Waals surface area contributed by atoms with E-state index in [0.717, 1.165) is 17.5 Å². The molecular weight excluding hydrogens is 203 g/mol. The summed E-state index contributed by atoms with van der Waals surface area (Å²) in [6.07, 6.45) is 2.76. The van der Waals surface area contributed by atoms with E-state index in [9.17, 15) is 4.39 Å². The van der Waals surface area contributed by atoms with Gasteiger partial charge < -0.3 is 10.7 Å². The molecule has 0 bridgehead atoms. The monoisotopic (exact) mass is 220 g/mol. The number of rotatable bonds is 3. The number of benzene rings is 1. The Labute approximate surface area is 94.7 Å². The van der Waals surface area contributed by atoms with Crippen LogP contribution in [-0.4, -0.2) is 11.0 Å². The van der Waals surface area contributed by atoms with Crippen molar-refractivity contribution in [1.29, 1.82) is 0 Å². The Balaban J connectivity index is 2.53. The summed E-state index contributed by atoms with van der Waals surface area (Å²) in [7, 11) is 0. The molecule has 0 aliphatic rings. The molecule has 16 heavy (non-hydrogen) atoms. The Bertz CT molecular complexity index is 490. The van der Waals surface area contributed by atoms with Gasteiger partial charge in [0.15, 0.2) is 0 Å². The van der Waals surface area contributed by atoms with Crippen molar-refractivity contribution >= 4 is 10.9 Å². The van der Waals surface area contributed by atoms with Gasteiger partial charge in [-0.25, -0.2) is 4.39 Å². The summed E-state index contributed by atoms with van der Waals surface area (Å²) < 4.78 is 13.7. The van der Waals surface area contributed by atoms with E-state index in [1.807, 2.05) is 26.1 Å². The first-order valence-corrected chi connectivity index (χ1v) is 5.66. The van der Waals surface area contributed by atoms with Crippen molar-refractivity contribution in [1.82, 2.24) is 4.98 Å². The van der Waals surface area contributed by atoms with Crippen LogP contribution in [0.5, 0.6) is 0 Å². The Morgan fingerprint density at radius 2 is 2.19 bits per heavy atom. The van der Waals surface area contributed by atoms with Gasteiger partial charge in [0.25, 0.3) is 0 Å². The van der Waals surface area contributed by atoms with E-state index in [4.69, 9.17) is 5.73 Å². The van der Waals surface area contributed by atoms with Crippen molar-refractivity contribution < 1.29 is 4.39 Å². The number of nitrogens with one attached hydrogen (secondary N) is 1. The molecule has 2 nitrogen and oxygen atoms in total. The summed E-state index contributed by atoms with van der Waals surface area (Å²) in [5.41, 5.74) is 7.83. The Hall–Kier alpha value is -1.35. The maximum atomic E-state index is 13.7. The Kier molecular flexibility index (Phi) is 2.97. The molecule has 1 aromatic carbocycles. The highest BCUT2D eigenvalue weighted by Crippen LogP contribution is 2.29. The maximum Gasteiger partial charge on any atom is 0.132 e. The van der Waals surface area contributed by atoms with Crippen LogP contribution in [0.3, 0.4) is 0 Å². The SMILES string of the molecule is CCC(N)C(C)c1c[nH]c2cccc(F)c12. The summed E-state index contributed by atoms with van der Waals surface area (Å²) in [6.45, 7) is 4.09. The van der Waals surface area contributed by atoms with Gasteiger partial charge in [-0.1, -0.05) is 19.9 Å². The lowest BCUT2D eigenvalue weighted by atomic mass is 9.92. The minimum atomic E-state index is -0.177. The van der Waals surface area contributed by atoms with E-state index < -0.39 is 0 Å². The van der Waals surface area contributed by atoms with E-state index in [-0.39, 0.29) is 17.8 Å². The third-order valence-electron chi connectivity index (χ3n) is 3.29. The highest BCUT2D eigenvalue weighted by Gasteiger charge is 2.18. The third kappa shape index (κ3) is 1.71. The first kappa shape index (κ1) is 11.1. The quantitative estimate of drug-likeness (QED) is 0.819. The minimum absolute atomic E-state index is 0.0682. The zero-order chi connectivity index (χ0) is 11.7. The first-order valence-electron chi connectivity index (χ1n) is 5.66. The van der Waals surface area contributed by atoms with Gasteiger partial charge in [0.2, 0.25) is 0 Å². The molecule has 86 valence electrons. The largest absolute Gasteiger partial charge is 0.361 e. The first-order chi connectivity index (χ1) is 7.65. The van der Waals surface area contributed by atoms with E-state index >= 15 is 0 Å². The van der Waals surface area contributed by atoms with E-state index in [0.29, 0.717) is 5.39 Å². The fourth-order valence-corrected chi connectivity index (χ4v) is 2.11. The highest BCUT2D eigenvalue weighted by molar-refractivity contribution is 5.84. The highest BCUT2D eigenvalue weighted by atomic mass is 19.1. The molecule has 0 spiro atoms. The van der Waals surface area contributed by atoms with Crippen molar-refractivity contribution in [3.05, 3.63) is 35.8 Å². The average Bonchev–Trinajstić information content (AvgIpc) is 2.72. The zero-order valence-electron chi connectivity index (χ0n) is 9.63. The lowest BCUT2D eigenvalue weighted by molar-refractivity contribution is 0.552. The van der Waals surface area contributed by atoms with Crippen LogP contribution in [-0.2, 0) is 0 Å². The van der Waals surface area contributed by atoms with Crippen LogP contribution in [0.15, 0.2) is 24.4 Å². The van der Waals surface area contributed by atoms with E-state index in [1.165, 1.54) is 6.07 Å². The summed E-state index contributed by atoms with van der Waals surface area (Å²) in [4.78, 5) is 3.09. The van der Waals surface area contributed by atoms with Crippen molar-refractivity contribution in [2.75, 3.05) is 0 Å². The number of H-pyrrole nitrogens is 1. The van der Waals surface area contributed by atoms with Crippen LogP contribution in [0.1, 0.15) is 31.7 Å². The van der Waals surface area contributed by atoms with Gasteiger partial charge in [-0.05, 0) is 30.0 Å². The van der Waals surface area contributed by atoms with Crippen molar-refractivity contribution in [2.45, 2.75) is 32.2 Å². The number of hydrogen-bond donors (Lipinski definition) is 2. The molecule has 0 aliphatic carbocycles. The number of fused-ring (bicyclic) bond motifs is 1. The second-order valence-electron chi connectivity index (χ2n) is 4.27. The lowest BCUT2D eigenvalue weighted by Gasteiger charge is -2.17. The standard InChI is InChI=1S/C13H17FN2/c1-3-11(15)8(2)9-7-16-12-6-4-5-10(14)13(9)12/h4-8,11,16H,3,15H2,1-2H3. The molecule has 2 rings (SSSR count). The summed E-state index contributed by atoms with van der Waals surface area (Å²) in [5, 5.41) is 0.680. The molecule has 2 unspecified atom stereocenters. The molecule has 0 fully saturated rings. The lowest BCUT2D eigenvalue weighted by Crippen LogP contribution is -2.25. The van der Waals surface area contributed by atoms with Crippen LogP contribution in [0.4, 0.5) is 4.39 Å². The zero-order valence-corrected chi connectivity index (χ0v) is 9.63. The summed E-state index contributed by atoms with van der Waals surface area (Å²) in [6, 6.07) is 5.15. The number of hydrogen-bond acceptors (Lipinski definition) is 1. The van der Waals surface area contributed by atoms with Gasteiger partial charge in [-0.3, -0.25) is 0 Å². The van der Waals surface area contributed by atoms with Crippen LogP contribution in [0, 0.1) is 5.82 Å². The average molecular weight is 220 g/mol. The normalized spacial score (nSPS) is 15.2. The molecule has 0 saturated heterocycles. The molecule has 0 aliphatic heterocycles. The molecule has 0 amide bonds. The van der Waals surface area contributed by atoms with Crippen LogP contribution >= 0.6 is 0 Å². The minimum Gasteiger partial charge on any atom is -0.361 e. The fourth-order valence-electron chi connectivity index (χ4n) is 2.11. The van der Waals surface area contributed by atoms with Gasteiger partial charge in [-0.15, -0.1) is 0 Å². The predicted octanol–water partition coefficient (Wildman–Crippen LogP) is 3.15.